The second kappa shape index (κ2) is 5.86. The minimum atomic E-state index is 0.417. The van der Waals surface area contributed by atoms with Crippen LogP contribution in [0, 0.1) is 0 Å². The van der Waals surface area contributed by atoms with E-state index in [9.17, 15) is 0 Å². The van der Waals surface area contributed by atoms with Gasteiger partial charge in [0.05, 0.1) is 0 Å². The summed E-state index contributed by atoms with van der Waals surface area (Å²) in [7, 11) is 0. The van der Waals surface area contributed by atoms with Crippen molar-refractivity contribution in [2.45, 2.75) is 30.8 Å². The van der Waals surface area contributed by atoms with Crippen LogP contribution in [0.25, 0.3) is 0 Å². The van der Waals surface area contributed by atoms with E-state index in [0.717, 1.165) is 13.1 Å². The Morgan fingerprint density at radius 2 is 1.73 bits per heavy atom. The Hall–Kier alpha value is -1.64. The van der Waals surface area contributed by atoms with Crippen molar-refractivity contribution in [3.05, 3.63) is 71.8 Å². The van der Waals surface area contributed by atoms with Crippen LogP contribution in [0.2, 0.25) is 0 Å². The molecule has 2 aromatic carbocycles. The van der Waals surface area contributed by atoms with Crippen LogP contribution in [-0.2, 0) is 12.0 Å². The number of nitrogens with zero attached hydrogens (tertiary/aromatic N) is 1. The van der Waals surface area contributed by atoms with Gasteiger partial charge >= 0.3 is 0 Å². The zero-order chi connectivity index (χ0) is 14.8. The van der Waals surface area contributed by atoms with E-state index in [4.69, 9.17) is 0 Å². The highest BCUT2D eigenvalue weighted by molar-refractivity contribution is 5.30. The Morgan fingerprint density at radius 1 is 1.00 bits per heavy atom. The quantitative estimate of drug-likeness (QED) is 0.910. The number of rotatable bonds is 5. The Bertz CT molecular complexity index is 610. The van der Waals surface area contributed by atoms with E-state index in [2.05, 4.69) is 70.9 Å². The maximum Gasteiger partial charge on any atom is 0.0230 e. The molecular formula is C20H24N2. The van der Waals surface area contributed by atoms with Gasteiger partial charge in [-0.05, 0) is 30.5 Å². The number of hydrogen-bond donors (Lipinski definition) is 1. The molecule has 2 bridgehead atoms. The first kappa shape index (κ1) is 14.0. The van der Waals surface area contributed by atoms with Gasteiger partial charge < -0.3 is 5.32 Å². The molecule has 22 heavy (non-hydrogen) atoms. The molecule has 2 fully saturated rings. The molecule has 0 saturated carbocycles. The van der Waals surface area contributed by atoms with Crippen LogP contribution in [0.5, 0.6) is 0 Å². The lowest BCUT2D eigenvalue weighted by molar-refractivity contribution is 0.250. The maximum absolute atomic E-state index is 3.66. The summed E-state index contributed by atoms with van der Waals surface area (Å²) >= 11 is 0. The zero-order valence-electron chi connectivity index (χ0n) is 13.0. The molecule has 1 unspecified atom stereocenters. The molecule has 2 aliphatic rings. The Balaban J connectivity index is 1.37. The standard InChI is InChI=1S/C20H24N2/c1-3-7-17(8-4-1)14-21-15-19-13-20(11-12-22(19)16-20)18-9-5-2-6-10-18/h1-10,19,21H,11-16H2/t19-,20+/m1/s1. The van der Waals surface area contributed by atoms with E-state index in [1.807, 2.05) is 0 Å². The molecule has 2 saturated heterocycles. The van der Waals surface area contributed by atoms with E-state index in [0.29, 0.717) is 11.5 Å². The van der Waals surface area contributed by atoms with Gasteiger partial charge in [0.15, 0.2) is 0 Å². The first-order valence-corrected chi connectivity index (χ1v) is 8.40. The molecule has 0 spiro atoms. The maximum atomic E-state index is 3.66. The smallest absolute Gasteiger partial charge is 0.0230 e. The molecule has 3 atom stereocenters. The lowest BCUT2D eigenvalue weighted by Crippen LogP contribution is -2.39. The van der Waals surface area contributed by atoms with Gasteiger partial charge in [-0.3, -0.25) is 4.90 Å². The molecule has 2 heteroatoms. The molecule has 4 rings (SSSR count). The normalized spacial score (nSPS) is 29.8. The topological polar surface area (TPSA) is 15.3 Å². The number of hydrogen-bond acceptors (Lipinski definition) is 2. The Labute approximate surface area is 133 Å². The highest BCUT2D eigenvalue weighted by Gasteiger charge is 2.49. The van der Waals surface area contributed by atoms with Gasteiger partial charge in [0.2, 0.25) is 0 Å². The van der Waals surface area contributed by atoms with Gasteiger partial charge in [-0.15, -0.1) is 0 Å². The lowest BCUT2D eigenvalue weighted by Gasteiger charge is -2.30. The predicted octanol–water partition coefficient (Wildman–Crippen LogP) is 3.19. The van der Waals surface area contributed by atoms with Crippen LogP contribution in [0.15, 0.2) is 60.7 Å². The van der Waals surface area contributed by atoms with Crippen molar-refractivity contribution < 1.29 is 0 Å². The van der Waals surface area contributed by atoms with Gasteiger partial charge in [-0.1, -0.05) is 60.7 Å². The average Bonchev–Trinajstić information content (AvgIpc) is 3.16. The third kappa shape index (κ3) is 2.57. The molecule has 2 nitrogen and oxygen atoms in total. The highest BCUT2D eigenvalue weighted by atomic mass is 15.2. The van der Waals surface area contributed by atoms with Gasteiger partial charge in [-0.25, -0.2) is 0 Å². The third-order valence-corrected chi connectivity index (χ3v) is 5.46. The van der Waals surface area contributed by atoms with E-state index in [-0.39, 0.29) is 0 Å². The summed E-state index contributed by atoms with van der Waals surface area (Å²) < 4.78 is 0. The van der Waals surface area contributed by atoms with Crippen molar-refractivity contribution in [3.8, 4) is 0 Å². The summed E-state index contributed by atoms with van der Waals surface area (Å²) in [6, 6.07) is 22.5. The first-order valence-electron chi connectivity index (χ1n) is 8.40. The van der Waals surface area contributed by atoms with Crippen molar-refractivity contribution in [3.63, 3.8) is 0 Å². The molecule has 2 heterocycles. The zero-order valence-corrected chi connectivity index (χ0v) is 13.0. The van der Waals surface area contributed by atoms with Crippen LogP contribution < -0.4 is 5.32 Å². The average molecular weight is 292 g/mol. The van der Waals surface area contributed by atoms with Crippen molar-refractivity contribution in [2.75, 3.05) is 19.6 Å². The fourth-order valence-electron chi connectivity index (χ4n) is 4.29. The van der Waals surface area contributed by atoms with Crippen LogP contribution in [0.1, 0.15) is 24.0 Å². The number of nitrogens with one attached hydrogen (secondary N) is 1. The molecule has 0 aliphatic carbocycles. The number of fused-ring (bicyclic) bond motifs is 2. The van der Waals surface area contributed by atoms with Gasteiger partial charge in [0.25, 0.3) is 0 Å². The summed E-state index contributed by atoms with van der Waals surface area (Å²) in [5.74, 6) is 0. The second-order valence-electron chi connectivity index (χ2n) is 6.84. The van der Waals surface area contributed by atoms with Gasteiger partial charge in [0.1, 0.15) is 0 Å². The van der Waals surface area contributed by atoms with E-state index < -0.39 is 0 Å². The van der Waals surface area contributed by atoms with Crippen molar-refractivity contribution in [2.24, 2.45) is 0 Å². The highest BCUT2D eigenvalue weighted by Crippen LogP contribution is 2.46. The molecular weight excluding hydrogens is 268 g/mol. The SMILES string of the molecule is c1ccc(CNC[C@H]2C[C@@]3(c4ccccc4)CCN2C3)cc1. The van der Waals surface area contributed by atoms with Crippen LogP contribution in [0.3, 0.4) is 0 Å². The summed E-state index contributed by atoms with van der Waals surface area (Å²) in [5.41, 5.74) is 3.34. The first-order chi connectivity index (χ1) is 10.9. The molecule has 1 N–H and O–H groups in total. The second-order valence-corrected chi connectivity index (χ2v) is 6.84. The molecule has 114 valence electrons. The predicted molar refractivity (Wildman–Crippen MR) is 90.9 cm³/mol. The third-order valence-electron chi connectivity index (χ3n) is 5.46. The van der Waals surface area contributed by atoms with Crippen LogP contribution in [0.4, 0.5) is 0 Å². The van der Waals surface area contributed by atoms with Crippen molar-refractivity contribution in [1.82, 2.24) is 10.2 Å². The molecule has 0 amide bonds. The van der Waals surface area contributed by atoms with E-state index in [1.165, 1.54) is 31.5 Å². The van der Waals surface area contributed by atoms with Gasteiger partial charge in [-0.2, -0.15) is 0 Å². The Kier molecular flexibility index (Phi) is 3.73. The van der Waals surface area contributed by atoms with Crippen molar-refractivity contribution in [1.29, 1.82) is 0 Å². The minimum Gasteiger partial charge on any atom is -0.311 e. The van der Waals surface area contributed by atoms with Gasteiger partial charge in [0, 0.05) is 31.1 Å². The summed E-state index contributed by atoms with van der Waals surface area (Å²) in [4.78, 5) is 2.69. The van der Waals surface area contributed by atoms with E-state index in [1.54, 1.807) is 5.56 Å². The number of piperidine rings is 1. The molecule has 2 aromatic rings. The summed E-state index contributed by atoms with van der Waals surface area (Å²) in [5, 5.41) is 3.66. The van der Waals surface area contributed by atoms with Crippen molar-refractivity contribution >= 4 is 0 Å². The fourth-order valence-corrected chi connectivity index (χ4v) is 4.29. The monoisotopic (exact) mass is 292 g/mol. The molecule has 2 aliphatic heterocycles. The summed E-state index contributed by atoms with van der Waals surface area (Å²) in [6.07, 6.45) is 2.63. The van der Waals surface area contributed by atoms with E-state index >= 15 is 0 Å². The van der Waals surface area contributed by atoms with Crippen LogP contribution in [-0.4, -0.2) is 30.6 Å². The largest absolute Gasteiger partial charge is 0.311 e. The lowest BCUT2D eigenvalue weighted by atomic mass is 9.76. The summed E-state index contributed by atoms with van der Waals surface area (Å²) in [6.45, 7) is 4.58. The minimum absolute atomic E-state index is 0.417. The van der Waals surface area contributed by atoms with Crippen LogP contribution >= 0.6 is 0 Å². The molecule has 0 aromatic heterocycles. The molecule has 0 radical (unpaired) electrons. The fraction of sp³-hybridized carbons (Fsp3) is 0.400. The number of benzene rings is 2. The Morgan fingerprint density at radius 3 is 2.50 bits per heavy atom.